The number of fused-ring (bicyclic) bond motifs is 1. The number of esters is 1. The molecule has 268 valence electrons. The fourth-order valence-electron chi connectivity index (χ4n) is 5.35. The van der Waals surface area contributed by atoms with Crippen LogP contribution in [0.4, 0.5) is 0 Å². The van der Waals surface area contributed by atoms with Gasteiger partial charge < -0.3 is 74.1 Å². The lowest BCUT2D eigenvalue weighted by atomic mass is 9.99. The van der Waals surface area contributed by atoms with E-state index in [9.17, 15) is 55.5 Å². The number of aliphatic hydroxyl groups excluding tert-OH is 6. The SMILES string of the molecule is CCC(C)C(=O)OC1C(O)C(C)OC(Oc2cc(O)c3c(=O)c(OC4OC(CO)C(O)C(O)C4O)c(-c4ccc(O)c(O)c4)oc3c2)C1O. The number of ether oxygens (including phenoxy) is 5. The quantitative estimate of drug-likeness (QED) is 0.101. The Morgan fingerprint density at radius 1 is 0.857 bits per heavy atom. The molecule has 2 saturated heterocycles. The minimum atomic E-state index is -1.94. The number of phenols is 3. The van der Waals surface area contributed by atoms with Gasteiger partial charge >= 0.3 is 5.97 Å². The van der Waals surface area contributed by atoms with Crippen molar-refractivity contribution >= 4 is 16.9 Å². The molecule has 2 aliphatic heterocycles. The van der Waals surface area contributed by atoms with Gasteiger partial charge in [-0.1, -0.05) is 13.8 Å². The lowest BCUT2D eigenvalue weighted by Gasteiger charge is -2.40. The molecule has 49 heavy (non-hydrogen) atoms. The second kappa shape index (κ2) is 14.3. The first-order valence-corrected chi connectivity index (χ1v) is 15.4. The molecular weight excluding hydrogens is 656 g/mol. The van der Waals surface area contributed by atoms with Crippen LogP contribution in [0.25, 0.3) is 22.3 Å². The Kier molecular flexibility index (Phi) is 10.6. The zero-order valence-corrected chi connectivity index (χ0v) is 26.4. The van der Waals surface area contributed by atoms with Gasteiger partial charge in [0.1, 0.15) is 53.0 Å². The summed E-state index contributed by atoms with van der Waals surface area (Å²) < 4.78 is 33.7. The fourth-order valence-corrected chi connectivity index (χ4v) is 5.35. The molecule has 9 N–H and O–H groups in total. The van der Waals surface area contributed by atoms with Crippen molar-refractivity contribution in [1.82, 2.24) is 0 Å². The highest BCUT2D eigenvalue weighted by atomic mass is 16.7. The average Bonchev–Trinajstić information content (AvgIpc) is 3.07. The Morgan fingerprint density at radius 2 is 1.55 bits per heavy atom. The number of benzene rings is 2. The number of hydrogen-bond donors (Lipinski definition) is 9. The van der Waals surface area contributed by atoms with Gasteiger partial charge in [-0.15, -0.1) is 0 Å². The van der Waals surface area contributed by atoms with E-state index in [2.05, 4.69) is 0 Å². The molecule has 0 spiro atoms. The number of aliphatic hydroxyl groups is 6. The van der Waals surface area contributed by atoms with Gasteiger partial charge in [-0.05, 0) is 31.5 Å². The molecule has 11 atom stereocenters. The highest BCUT2D eigenvalue weighted by molar-refractivity contribution is 5.88. The maximum atomic E-state index is 13.9. The average molecular weight is 695 g/mol. The number of aromatic hydroxyl groups is 3. The summed E-state index contributed by atoms with van der Waals surface area (Å²) in [7, 11) is 0. The summed E-state index contributed by atoms with van der Waals surface area (Å²) in [6.07, 6.45) is -15.4. The Labute approximate surface area is 277 Å². The van der Waals surface area contributed by atoms with Gasteiger partial charge in [-0.25, -0.2) is 0 Å². The van der Waals surface area contributed by atoms with Crippen LogP contribution in [0.3, 0.4) is 0 Å². The zero-order valence-electron chi connectivity index (χ0n) is 26.4. The van der Waals surface area contributed by atoms with Crippen LogP contribution in [-0.4, -0.2) is 120 Å². The topological polar surface area (TPSA) is 276 Å². The van der Waals surface area contributed by atoms with Gasteiger partial charge in [0, 0.05) is 17.7 Å². The molecule has 5 rings (SSSR count). The third-order valence-corrected chi connectivity index (χ3v) is 8.53. The second-order valence-electron chi connectivity index (χ2n) is 11.9. The molecule has 2 aromatic carbocycles. The zero-order chi connectivity index (χ0) is 35.9. The summed E-state index contributed by atoms with van der Waals surface area (Å²) in [6, 6.07) is 5.45. The lowest BCUT2D eigenvalue weighted by molar-refractivity contribution is -0.277. The van der Waals surface area contributed by atoms with E-state index in [4.69, 9.17) is 28.1 Å². The molecule has 11 unspecified atom stereocenters. The number of phenolic OH excluding ortho intramolecular Hbond substituents is 3. The summed E-state index contributed by atoms with van der Waals surface area (Å²) >= 11 is 0. The summed E-state index contributed by atoms with van der Waals surface area (Å²) in [4.78, 5) is 26.3. The van der Waals surface area contributed by atoms with Crippen molar-refractivity contribution in [2.75, 3.05) is 6.61 Å². The Morgan fingerprint density at radius 3 is 2.20 bits per heavy atom. The van der Waals surface area contributed by atoms with E-state index in [1.165, 1.54) is 13.0 Å². The van der Waals surface area contributed by atoms with Crippen molar-refractivity contribution in [3.8, 4) is 40.1 Å². The van der Waals surface area contributed by atoms with Crippen molar-refractivity contribution in [2.45, 2.75) is 88.6 Å². The first-order chi connectivity index (χ1) is 23.2. The monoisotopic (exact) mass is 694 g/mol. The summed E-state index contributed by atoms with van der Waals surface area (Å²) in [5.41, 5.74) is -1.44. The van der Waals surface area contributed by atoms with E-state index in [0.717, 1.165) is 24.3 Å². The molecule has 0 bridgehead atoms. The summed E-state index contributed by atoms with van der Waals surface area (Å²) in [5.74, 6) is -4.38. The molecular formula is C32H38O17. The van der Waals surface area contributed by atoms with Crippen LogP contribution in [0.5, 0.6) is 28.7 Å². The van der Waals surface area contributed by atoms with E-state index in [1.54, 1.807) is 13.8 Å². The fraction of sp³-hybridized carbons (Fsp3) is 0.500. The maximum Gasteiger partial charge on any atom is 0.309 e. The molecule has 0 saturated carbocycles. The number of hydrogen-bond acceptors (Lipinski definition) is 17. The standard InChI is InChI=1S/C32H38O17/c1-4-11(2)30(43)48-28-21(37)12(3)44-32(26(28)42)45-14-8-17(36)20-18(9-14)46-27(13-5-6-15(34)16(35)7-13)29(23(20)39)49-31-25(41)24(40)22(38)19(10-33)47-31/h5-9,11-12,19,21-22,24-26,28,31-38,40-42H,4,10H2,1-3H3. The third kappa shape index (κ3) is 6.97. The molecule has 3 aromatic rings. The van der Waals surface area contributed by atoms with Crippen LogP contribution in [-0.2, 0) is 19.0 Å². The van der Waals surface area contributed by atoms with Crippen LogP contribution in [0.15, 0.2) is 39.5 Å². The molecule has 2 aliphatic rings. The molecule has 1 aromatic heterocycles. The van der Waals surface area contributed by atoms with Crippen molar-refractivity contribution in [2.24, 2.45) is 5.92 Å². The molecule has 0 radical (unpaired) electrons. The number of carbonyl (C=O) groups is 1. The van der Waals surface area contributed by atoms with E-state index >= 15 is 0 Å². The van der Waals surface area contributed by atoms with Crippen molar-refractivity contribution in [3.63, 3.8) is 0 Å². The molecule has 2 fully saturated rings. The van der Waals surface area contributed by atoms with E-state index in [1.807, 2.05) is 0 Å². The van der Waals surface area contributed by atoms with Crippen molar-refractivity contribution < 1.29 is 78.9 Å². The first-order valence-electron chi connectivity index (χ1n) is 15.4. The van der Waals surface area contributed by atoms with Gasteiger partial charge in [-0.3, -0.25) is 9.59 Å². The van der Waals surface area contributed by atoms with Gasteiger partial charge in [-0.2, -0.15) is 0 Å². The number of rotatable bonds is 9. The first kappa shape index (κ1) is 36.1. The van der Waals surface area contributed by atoms with E-state index in [-0.39, 0.29) is 16.9 Å². The van der Waals surface area contributed by atoms with Gasteiger partial charge in [0.25, 0.3) is 0 Å². The molecule has 0 aliphatic carbocycles. The molecule has 0 amide bonds. The Hall–Kier alpha value is -4.20. The van der Waals surface area contributed by atoms with Gasteiger partial charge in [0.2, 0.25) is 23.8 Å². The van der Waals surface area contributed by atoms with Gasteiger partial charge in [0.15, 0.2) is 29.5 Å². The second-order valence-corrected chi connectivity index (χ2v) is 11.9. The van der Waals surface area contributed by atoms with Crippen LogP contribution < -0.4 is 14.9 Å². The largest absolute Gasteiger partial charge is 0.507 e. The summed E-state index contributed by atoms with van der Waals surface area (Å²) in [6.45, 7) is 4.06. The van der Waals surface area contributed by atoms with Crippen LogP contribution in [0.1, 0.15) is 27.2 Å². The smallest absolute Gasteiger partial charge is 0.309 e. The van der Waals surface area contributed by atoms with Crippen molar-refractivity contribution in [1.29, 1.82) is 0 Å². The normalized spacial score (nSPS) is 30.9. The molecule has 17 nitrogen and oxygen atoms in total. The minimum Gasteiger partial charge on any atom is -0.507 e. The predicted molar refractivity (Wildman–Crippen MR) is 164 cm³/mol. The Bertz CT molecular complexity index is 1720. The maximum absolute atomic E-state index is 13.9. The summed E-state index contributed by atoms with van der Waals surface area (Å²) in [5, 5.41) is 92.6. The Balaban J connectivity index is 1.55. The van der Waals surface area contributed by atoms with Crippen LogP contribution >= 0.6 is 0 Å². The van der Waals surface area contributed by atoms with Gasteiger partial charge in [0.05, 0.1) is 18.6 Å². The van der Waals surface area contributed by atoms with E-state index in [0.29, 0.717) is 6.42 Å². The van der Waals surface area contributed by atoms with Crippen LogP contribution in [0, 0.1) is 5.92 Å². The van der Waals surface area contributed by atoms with Crippen molar-refractivity contribution in [3.05, 3.63) is 40.6 Å². The molecule has 17 heteroatoms. The lowest BCUT2D eigenvalue weighted by Crippen LogP contribution is -2.60. The molecule has 3 heterocycles. The van der Waals surface area contributed by atoms with Crippen LogP contribution in [0.2, 0.25) is 0 Å². The number of carbonyl (C=O) groups excluding carboxylic acids is 1. The highest BCUT2D eigenvalue weighted by Gasteiger charge is 2.47. The predicted octanol–water partition coefficient (Wildman–Crippen LogP) is -0.441. The third-order valence-electron chi connectivity index (χ3n) is 8.53. The van der Waals surface area contributed by atoms with E-state index < -0.39 is 119 Å². The highest BCUT2D eigenvalue weighted by Crippen LogP contribution is 2.40. The minimum absolute atomic E-state index is 0.0560.